The number of nitriles is 1. The lowest BCUT2D eigenvalue weighted by molar-refractivity contribution is -0.126. The number of rotatable bonds is 3. The molecule has 2 aliphatic rings. The minimum absolute atomic E-state index is 0.179. The molecule has 4 rings (SSSR count). The lowest BCUT2D eigenvalue weighted by Gasteiger charge is -2.32. The van der Waals surface area contributed by atoms with Crippen molar-refractivity contribution in [2.45, 2.75) is 44.4 Å². The number of aryl methyl sites for hydroxylation is 1. The highest BCUT2D eigenvalue weighted by Crippen LogP contribution is 2.42. The zero-order valence-corrected chi connectivity index (χ0v) is 14.2. The maximum absolute atomic E-state index is 12.4. The van der Waals surface area contributed by atoms with Gasteiger partial charge in [0.2, 0.25) is 5.91 Å². The fraction of sp³-hybridized carbons (Fsp3) is 0.421. The average Bonchev–Trinajstić information content (AvgIpc) is 2.96. The molecule has 1 amide bonds. The molecule has 122 valence electrons. The lowest BCUT2D eigenvalue weighted by atomic mass is 9.69. The highest BCUT2D eigenvalue weighted by Gasteiger charge is 2.45. The summed E-state index contributed by atoms with van der Waals surface area (Å²) in [5.74, 6) is 0.349. The number of carbonyl (C=O) groups excluding carboxylic acids is 1. The van der Waals surface area contributed by atoms with E-state index in [9.17, 15) is 10.1 Å². The molecule has 1 atom stereocenters. The molecule has 2 aliphatic carbocycles. The lowest BCUT2D eigenvalue weighted by Crippen LogP contribution is -2.40. The maximum atomic E-state index is 12.4. The molecule has 2 aromatic rings. The third-order valence-corrected chi connectivity index (χ3v) is 6.32. The summed E-state index contributed by atoms with van der Waals surface area (Å²) in [6.07, 6.45) is 5.30. The number of benzene rings is 1. The highest BCUT2D eigenvalue weighted by molar-refractivity contribution is 7.15. The van der Waals surface area contributed by atoms with Crippen molar-refractivity contribution in [1.82, 2.24) is 4.98 Å². The molecule has 0 aliphatic heterocycles. The topological polar surface area (TPSA) is 65.8 Å². The molecule has 1 fully saturated rings. The standard InChI is InChI=1S/C19H19N3OS/c20-12-19(9-4-10-19)17(23)22-18-21-15-8-7-14(11-16(15)24-18)13-5-2-1-3-6-13/h1-3,5-6,14H,4,7-11H2,(H,21,22,23). The SMILES string of the molecule is N#CC1(C(=O)Nc2nc3c(s2)CC(c2ccccc2)CC3)CCC1. The third kappa shape index (κ3) is 2.61. The van der Waals surface area contributed by atoms with Crippen LogP contribution in [0.4, 0.5) is 5.13 Å². The quantitative estimate of drug-likeness (QED) is 0.919. The van der Waals surface area contributed by atoms with Gasteiger partial charge >= 0.3 is 0 Å². The highest BCUT2D eigenvalue weighted by atomic mass is 32.1. The van der Waals surface area contributed by atoms with Crippen LogP contribution < -0.4 is 5.32 Å². The van der Waals surface area contributed by atoms with Crippen molar-refractivity contribution in [1.29, 1.82) is 5.26 Å². The van der Waals surface area contributed by atoms with E-state index in [1.165, 1.54) is 10.4 Å². The summed E-state index contributed by atoms with van der Waals surface area (Å²) < 4.78 is 0. The largest absolute Gasteiger partial charge is 0.301 e. The Morgan fingerprint density at radius 2 is 2.12 bits per heavy atom. The second kappa shape index (κ2) is 6.03. The number of hydrogen-bond donors (Lipinski definition) is 1. The molecule has 4 nitrogen and oxygen atoms in total. The number of carbonyl (C=O) groups is 1. The van der Waals surface area contributed by atoms with E-state index in [4.69, 9.17) is 0 Å². The molecule has 1 N–H and O–H groups in total. The zero-order chi connectivity index (χ0) is 16.6. The van der Waals surface area contributed by atoms with Gasteiger partial charge in [0.1, 0.15) is 5.41 Å². The van der Waals surface area contributed by atoms with E-state index in [1.54, 1.807) is 11.3 Å². The first-order valence-corrected chi connectivity index (χ1v) is 9.28. The van der Waals surface area contributed by atoms with Crippen LogP contribution in [0.15, 0.2) is 30.3 Å². The molecule has 0 bridgehead atoms. The van der Waals surface area contributed by atoms with Crippen LogP contribution in [-0.2, 0) is 17.6 Å². The third-order valence-electron chi connectivity index (χ3n) is 5.29. The van der Waals surface area contributed by atoms with Gasteiger partial charge in [-0.05, 0) is 50.0 Å². The Labute approximate surface area is 145 Å². The van der Waals surface area contributed by atoms with Crippen LogP contribution in [0.3, 0.4) is 0 Å². The summed E-state index contributed by atoms with van der Waals surface area (Å²) in [4.78, 5) is 18.3. The van der Waals surface area contributed by atoms with Crippen molar-refractivity contribution in [2.75, 3.05) is 5.32 Å². The molecule has 1 saturated carbocycles. The molecule has 5 heteroatoms. The van der Waals surface area contributed by atoms with Gasteiger partial charge in [-0.25, -0.2) is 4.98 Å². The molecule has 1 heterocycles. The molecule has 1 aromatic carbocycles. The monoisotopic (exact) mass is 337 g/mol. The average molecular weight is 337 g/mol. The van der Waals surface area contributed by atoms with E-state index in [-0.39, 0.29) is 5.91 Å². The Hall–Kier alpha value is -2.19. The van der Waals surface area contributed by atoms with E-state index in [1.807, 2.05) is 6.07 Å². The number of nitrogens with one attached hydrogen (secondary N) is 1. The summed E-state index contributed by atoms with van der Waals surface area (Å²) >= 11 is 1.57. The number of fused-ring (bicyclic) bond motifs is 1. The second-order valence-corrected chi connectivity index (χ2v) is 7.82. The Balaban J connectivity index is 1.49. The van der Waals surface area contributed by atoms with Crippen LogP contribution in [-0.4, -0.2) is 10.9 Å². The van der Waals surface area contributed by atoms with Crippen molar-refractivity contribution in [3.8, 4) is 6.07 Å². The molecule has 0 radical (unpaired) electrons. The van der Waals surface area contributed by atoms with Gasteiger partial charge in [0.05, 0.1) is 11.8 Å². The van der Waals surface area contributed by atoms with Crippen LogP contribution in [0.5, 0.6) is 0 Å². The molecular formula is C19H19N3OS. The number of amides is 1. The summed E-state index contributed by atoms with van der Waals surface area (Å²) in [7, 11) is 0. The smallest absolute Gasteiger partial charge is 0.246 e. The minimum Gasteiger partial charge on any atom is -0.301 e. The molecule has 0 spiro atoms. The summed E-state index contributed by atoms with van der Waals surface area (Å²) in [5, 5.41) is 12.8. The normalized spacial score (nSPS) is 21.2. The summed E-state index contributed by atoms with van der Waals surface area (Å²) in [6, 6.07) is 12.8. The fourth-order valence-corrected chi connectivity index (χ4v) is 4.66. The Bertz CT molecular complexity index is 802. The van der Waals surface area contributed by atoms with Crippen LogP contribution in [0, 0.1) is 16.7 Å². The van der Waals surface area contributed by atoms with Crippen LogP contribution in [0.2, 0.25) is 0 Å². The van der Waals surface area contributed by atoms with Crippen LogP contribution >= 0.6 is 11.3 Å². The van der Waals surface area contributed by atoms with Crippen molar-refractivity contribution in [3.63, 3.8) is 0 Å². The van der Waals surface area contributed by atoms with E-state index in [2.05, 4.69) is 40.6 Å². The Kier molecular flexibility index (Phi) is 3.85. The predicted molar refractivity (Wildman–Crippen MR) is 93.8 cm³/mol. The van der Waals surface area contributed by atoms with E-state index in [0.717, 1.165) is 31.4 Å². The Morgan fingerprint density at radius 1 is 1.33 bits per heavy atom. The summed E-state index contributed by atoms with van der Waals surface area (Å²) in [5.41, 5.74) is 1.67. The van der Waals surface area contributed by atoms with Crippen molar-refractivity contribution in [2.24, 2.45) is 5.41 Å². The number of thiazole rings is 1. The maximum Gasteiger partial charge on any atom is 0.246 e. The minimum atomic E-state index is -0.821. The Morgan fingerprint density at radius 3 is 2.79 bits per heavy atom. The van der Waals surface area contributed by atoms with Crippen LogP contribution in [0.25, 0.3) is 0 Å². The number of anilines is 1. The van der Waals surface area contributed by atoms with E-state index >= 15 is 0 Å². The van der Waals surface area contributed by atoms with Crippen LogP contribution in [0.1, 0.15) is 47.7 Å². The van der Waals surface area contributed by atoms with Crippen molar-refractivity contribution >= 4 is 22.4 Å². The van der Waals surface area contributed by atoms with Gasteiger partial charge in [0.25, 0.3) is 0 Å². The first-order chi connectivity index (χ1) is 11.7. The number of nitrogens with zero attached hydrogens (tertiary/aromatic N) is 2. The second-order valence-electron chi connectivity index (χ2n) is 6.74. The molecule has 1 aromatic heterocycles. The fourth-order valence-electron chi connectivity index (χ4n) is 3.57. The van der Waals surface area contributed by atoms with Crippen molar-refractivity contribution in [3.05, 3.63) is 46.5 Å². The number of aromatic nitrogens is 1. The van der Waals surface area contributed by atoms with E-state index < -0.39 is 5.41 Å². The van der Waals surface area contributed by atoms with Crippen molar-refractivity contribution < 1.29 is 4.79 Å². The van der Waals surface area contributed by atoms with Gasteiger partial charge in [-0.2, -0.15) is 5.26 Å². The van der Waals surface area contributed by atoms with E-state index in [0.29, 0.717) is 23.9 Å². The van der Waals surface area contributed by atoms with Gasteiger partial charge in [0, 0.05) is 4.88 Å². The zero-order valence-electron chi connectivity index (χ0n) is 13.4. The first kappa shape index (κ1) is 15.3. The van der Waals surface area contributed by atoms with Gasteiger partial charge in [-0.3, -0.25) is 4.79 Å². The van der Waals surface area contributed by atoms with Gasteiger partial charge in [0.15, 0.2) is 5.13 Å². The molecule has 1 unspecified atom stereocenters. The molecular weight excluding hydrogens is 318 g/mol. The molecule has 24 heavy (non-hydrogen) atoms. The number of hydrogen-bond acceptors (Lipinski definition) is 4. The van der Waals surface area contributed by atoms with Gasteiger partial charge in [-0.15, -0.1) is 11.3 Å². The predicted octanol–water partition coefficient (Wildman–Crippen LogP) is 4.05. The first-order valence-electron chi connectivity index (χ1n) is 8.46. The summed E-state index contributed by atoms with van der Waals surface area (Å²) in [6.45, 7) is 0. The van der Waals surface area contributed by atoms with Gasteiger partial charge < -0.3 is 5.32 Å². The molecule has 0 saturated heterocycles. The van der Waals surface area contributed by atoms with Gasteiger partial charge in [-0.1, -0.05) is 30.3 Å².